The molecule has 0 aromatic carbocycles. The van der Waals surface area contributed by atoms with Gasteiger partial charge in [-0.05, 0) is 12.8 Å². The lowest BCUT2D eigenvalue weighted by Crippen LogP contribution is -2.15. The molecule has 0 fully saturated rings. The number of methoxy groups -OCH3 is 1. The minimum Gasteiger partial charge on any atom is -0.374 e. The van der Waals surface area contributed by atoms with Gasteiger partial charge in [-0.15, -0.1) is 10.2 Å². The van der Waals surface area contributed by atoms with Crippen molar-refractivity contribution in [1.29, 1.82) is 0 Å². The molecule has 1 unspecified atom stereocenters. The molecule has 1 atom stereocenters. The second-order valence-corrected chi connectivity index (χ2v) is 6.62. The summed E-state index contributed by atoms with van der Waals surface area (Å²) in [4.78, 5) is 0. The Kier molecular flexibility index (Phi) is 4.51. The molecule has 0 aliphatic heterocycles. The zero-order chi connectivity index (χ0) is 13.2. The molecule has 6 nitrogen and oxygen atoms in total. The van der Waals surface area contributed by atoms with Crippen LogP contribution in [0.3, 0.4) is 0 Å². The highest BCUT2D eigenvalue weighted by Crippen LogP contribution is 2.21. The van der Waals surface area contributed by atoms with E-state index in [-0.39, 0.29) is 17.2 Å². The summed E-state index contributed by atoms with van der Waals surface area (Å²) in [5.74, 6) is 0.700. The van der Waals surface area contributed by atoms with Crippen LogP contribution in [0.25, 0.3) is 0 Å². The Hall–Kier alpha value is -0.660. The fraction of sp³-hybridized carbons (Fsp3) is 0.778. The lowest BCUT2D eigenvalue weighted by atomic mass is 10.2. The van der Waals surface area contributed by atoms with Gasteiger partial charge in [0.05, 0.1) is 0 Å². The molecule has 1 aromatic heterocycles. The maximum absolute atomic E-state index is 11.4. The van der Waals surface area contributed by atoms with Crippen molar-refractivity contribution < 1.29 is 13.2 Å². The molecule has 0 saturated carbocycles. The second kappa shape index (κ2) is 5.32. The average molecular weight is 282 g/mol. The third kappa shape index (κ3) is 3.40. The van der Waals surface area contributed by atoms with Crippen LogP contribution in [0.4, 0.5) is 0 Å². The Morgan fingerprint density at radius 3 is 2.35 bits per heavy atom. The van der Waals surface area contributed by atoms with Crippen LogP contribution in [0.2, 0.25) is 0 Å². The standard InChI is InChI=1S/C9H16ClN3O3S/c1-6(2)5-13-8(7(3)16-4)11-12-9(13)17(10,14)15/h6-7H,5H2,1-4H3. The Morgan fingerprint density at radius 2 is 1.94 bits per heavy atom. The number of hydrogen-bond acceptors (Lipinski definition) is 5. The van der Waals surface area contributed by atoms with Crippen molar-refractivity contribution in [2.24, 2.45) is 5.92 Å². The minimum atomic E-state index is -3.89. The van der Waals surface area contributed by atoms with Gasteiger partial charge >= 0.3 is 0 Å². The largest absolute Gasteiger partial charge is 0.374 e. The van der Waals surface area contributed by atoms with Crippen molar-refractivity contribution in [2.45, 2.75) is 38.6 Å². The average Bonchev–Trinajstić information content (AvgIpc) is 2.58. The predicted octanol–water partition coefficient (Wildman–Crippen LogP) is 1.57. The molecular formula is C9H16ClN3O3S. The van der Waals surface area contributed by atoms with E-state index in [1.165, 1.54) is 11.7 Å². The number of rotatable bonds is 5. The Morgan fingerprint density at radius 1 is 1.35 bits per heavy atom. The van der Waals surface area contributed by atoms with E-state index in [1.54, 1.807) is 6.92 Å². The monoisotopic (exact) mass is 281 g/mol. The van der Waals surface area contributed by atoms with E-state index >= 15 is 0 Å². The first-order valence-electron chi connectivity index (χ1n) is 5.18. The van der Waals surface area contributed by atoms with Gasteiger partial charge in [-0.3, -0.25) is 4.57 Å². The Labute approximate surface area is 105 Å². The summed E-state index contributed by atoms with van der Waals surface area (Å²) in [6, 6.07) is 0. The highest BCUT2D eigenvalue weighted by Gasteiger charge is 2.25. The molecular weight excluding hydrogens is 266 g/mol. The SMILES string of the molecule is COC(C)c1nnc(S(=O)(=O)Cl)n1CC(C)C. The number of nitrogens with zero attached hydrogens (tertiary/aromatic N) is 3. The van der Waals surface area contributed by atoms with Crippen LogP contribution < -0.4 is 0 Å². The highest BCUT2D eigenvalue weighted by molar-refractivity contribution is 8.13. The summed E-state index contributed by atoms with van der Waals surface area (Å²) in [6.45, 7) is 6.17. The maximum atomic E-state index is 11.4. The van der Waals surface area contributed by atoms with Crippen LogP contribution in [0.15, 0.2) is 5.16 Å². The smallest absolute Gasteiger partial charge is 0.296 e. The van der Waals surface area contributed by atoms with E-state index in [4.69, 9.17) is 15.4 Å². The van der Waals surface area contributed by atoms with Crippen molar-refractivity contribution >= 4 is 19.7 Å². The van der Waals surface area contributed by atoms with Crippen LogP contribution in [0.5, 0.6) is 0 Å². The minimum absolute atomic E-state index is 0.230. The van der Waals surface area contributed by atoms with Gasteiger partial charge in [0.15, 0.2) is 5.82 Å². The maximum Gasteiger partial charge on any atom is 0.296 e. The van der Waals surface area contributed by atoms with Crippen molar-refractivity contribution in [3.63, 3.8) is 0 Å². The van der Waals surface area contributed by atoms with Crippen LogP contribution >= 0.6 is 10.7 Å². The van der Waals surface area contributed by atoms with E-state index in [0.29, 0.717) is 12.4 Å². The fourth-order valence-corrected chi connectivity index (χ4v) is 2.34. The Bertz CT molecular complexity index is 484. The first kappa shape index (κ1) is 14.4. The van der Waals surface area contributed by atoms with E-state index in [2.05, 4.69) is 10.2 Å². The first-order chi connectivity index (χ1) is 7.77. The normalized spacial score (nSPS) is 14.2. The number of halogens is 1. The molecule has 0 radical (unpaired) electrons. The van der Waals surface area contributed by atoms with Gasteiger partial charge in [-0.25, -0.2) is 8.42 Å². The quantitative estimate of drug-likeness (QED) is 0.766. The van der Waals surface area contributed by atoms with E-state index in [1.807, 2.05) is 13.8 Å². The summed E-state index contributed by atoms with van der Waals surface area (Å²) >= 11 is 0. The molecule has 98 valence electrons. The van der Waals surface area contributed by atoms with Crippen molar-refractivity contribution in [3.05, 3.63) is 5.82 Å². The van der Waals surface area contributed by atoms with Gasteiger partial charge in [0.1, 0.15) is 6.10 Å². The van der Waals surface area contributed by atoms with Crippen LogP contribution in [0.1, 0.15) is 32.7 Å². The van der Waals surface area contributed by atoms with Crippen molar-refractivity contribution in [2.75, 3.05) is 7.11 Å². The van der Waals surface area contributed by atoms with Crippen LogP contribution in [-0.4, -0.2) is 30.3 Å². The molecule has 17 heavy (non-hydrogen) atoms. The topological polar surface area (TPSA) is 74.1 Å². The summed E-state index contributed by atoms with van der Waals surface area (Å²) in [5.41, 5.74) is 0. The van der Waals surface area contributed by atoms with E-state index < -0.39 is 9.05 Å². The summed E-state index contributed by atoms with van der Waals surface area (Å²) in [7, 11) is 2.94. The molecule has 0 saturated heterocycles. The zero-order valence-electron chi connectivity index (χ0n) is 10.2. The molecule has 0 bridgehead atoms. The second-order valence-electron chi connectivity index (χ2n) is 4.16. The predicted molar refractivity (Wildman–Crippen MR) is 63.3 cm³/mol. The molecule has 0 spiro atoms. The molecule has 8 heteroatoms. The molecule has 1 aromatic rings. The third-order valence-electron chi connectivity index (χ3n) is 2.23. The van der Waals surface area contributed by atoms with E-state index in [0.717, 1.165) is 0 Å². The van der Waals surface area contributed by atoms with Crippen molar-refractivity contribution in [3.8, 4) is 0 Å². The summed E-state index contributed by atoms with van der Waals surface area (Å²) < 4.78 is 29.3. The molecule has 1 rings (SSSR count). The van der Waals surface area contributed by atoms with Crippen LogP contribution in [0, 0.1) is 5.92 Å². The van der Waals surface area contributed by atoms with Gasteiger partial charge in [-0.2, -0.15) is 0 Å². The van der Waals surface area contributed by atoms with Gasteiger partial charge in [0.2, 0.25) is 0 Å². The molecule has 1 heterocycles. The third-order valence-corrected chi connectivity index (χ3v) is 3.38. The first-order valence-corrected chi connectivity index (χ1v) is 7.48. The number of aromatic nitrogens is 3. The zero-order valence-corrected chi connectivity index (χ0v) is 11.8. The van der Waals surface area contributed by atoms with Gasteiger partial charge in [-0.1, -0.05) is 13.8 Å². The lowest BCUT2D eigenvalue weighted by Gasteiger charge is -2.14. The van der Waals surface area contributed by atoms with Gasteiger partial charge < -0.3 is 4.74 Å². The van der Waals surface area contributed by atoms with E-state index in [9.17, 15) is 8.42 Å². The molecule has 0 aliphatic carbocycles. The molecule has 0 aliphatic rings. The molecule has 0 N–H and O–H groups in total. The van der Waals surface area contributed by atoms with Crippen LogP contribution in [-0.2, 0) is 20.3 Å². The highest BCUT2D eigenvalue weighted by atomic mass is 35.7. The van der Waals surface area contributed by atoms with Gasteiger partial charge in [0, 0.05) is 24.3 Å². The fourth-order valence-electron chi connectivity index (χ4n) is 1.42. The van der Waals surface area contributed by atoms with Gasteiger partial charge in [0.25, 0.3) is 14.2 Å². The summed E-state index contributed by atoms with van der Waals surface area (Å²) in [6.07, 6.45) is -0.339. The number of hydrogen-bond donors (Lipinski definition) is 0. The lowest BCUT2D eigenvalue weighted by molar-refractivity contribution is 0.107. The Balaban J connectivity index is 3.30. The molecule has 0 amide bonds. The number of ether oxygens (including phenoxy) is 1. The summed E-state index contributed by atoms with van der Waals surface area (Å²) in [5, 5.41) is 7.22. The van der Waals surface area contributed by atoms with Crippen molar-refractivity contribution in [1.82, 2.24) is 14.8 Å².